The van der Waals surface area contributed by atoms with Crippen LogP contribution in [-0.2, 0) is 0 Å². The van der Waals surface area contributed by atoms with E-state index < -0.39 is 11.8 Å². The monoisotopic (exact) mass is 262 g/mol. The second kappa shape index (κ2) is 5.75. The fourth-order valence-electron chi connectivity index (χ4n) is 0.769. The van der Waals surface area contributed by atoms with Gasteiger partial charge in [0.05, 0.1) is 5.56 Å². The molecule has 0 aromatic heterocycles. The smallest absolute Gasteiger partial charge is 0.335 e. The average Bonchev–Trinajstić information content (AvgIpc) is 2.16. The van der Waals surface area contributed by atoms with Gasteiger partial charge in [0.2, 0.25) is 0 Å². The molecule has 0 bridgehead atoms. The van der Waals surface area contributed by atoms with Gasteiger partial charge in [0.25, 0.3) is 0 Å². The number of carboxylic acid groups (broad SMARTS) is 1. The van der Waals surface area contributed by atoms with Gasteiger partial charge in [-0.25, -0.2) is 9.18 Å². The van der Waals surface area contributed by atoms with Gasteiger partial charge in [-0.1, -0.05) is 29.8 Å². The van der Waals surface area contributed by atoms with Crippen LogP contribution in [0.3, 0.4) is 0 Å². The topological polar surface area (TPSA) is 37.3 Å². The Morgan fingerprint density at radius 2 is 1.93 bits per heavy atom. The number of carbonyl (C=O) groups is 1. The molecule has 0 aliphatic heterocycles. The predicted octanol–water partition coefficient (Wildman–Crippen LogP) is 3.62. The zero-order valence-electron chi connectivity index (χ0n) is 8.27. The Kier molecular flexibility index (Phi) is 5.38. The lowest BCUT2D eigenvalue weighted by Gasteiger charge is -2.01. The minimum atomic E-state index is -1.13. The van der Waals surface area contributed by atoms with Gasteiger partial charge < -0.3 is 5.11 Å². The number of halogens is 2. The standard InChI is InChI=1S/C8H6BrFO2.C2H6/c1-4-6(9)2-5(8(11)12)3-7(4)10;1-2/h2-3H,1H3,(H,11,12);1-2H3. The highest BCUT2D eigenvalue weighted by atomic mass is 79.9. The van der Waals surface area contributed by atoms with Crippen molar-refractivity contribution in [1.82, 2.24) is 0 Å². The molecule has 1 aromatic rings. The van der Waals surface area contributed by atoms with Crippen molar-refractivity contribution in [3.05, 3.63) is 33.5 Å². The third kappa shape index (κ3) is 3.10. The molecule has 14 heavy (non-hydrogen) atoms. The van der Waals surface area contributed by atoms with E-state index in [9.17, 15) is 9.18 Å². The van der Waals surface area contributed by atoms with Crippen LogP contribution in [0.2, 0.25) is 0 Å². The first kappa shape index (κ1) is 13.1. The molecule has 4 heteroatoms. The van der Waals surface area contributed by atoms with Crippen molar-refractivity contribution in [1.29, 1.82) is 0 Å². The lowest BCUT2D eigenvalue weighted by molar-refractivity contribution is 0.0696. The zero-order valence-corrected chi connectivity index (χ0v) is 9.85. The first-order chi connectivity index (χ1) is 6.52. The third-order valence-electron chi connectivity index (χ3n) is 1.53. The Morgan fingerprint density at radius 1 is 1.43 bits per heavy atom. The van der Waals surface area contributed by atoms with Gasteiger partial charge in [-0.2, -0.15) is 0 Å². The Labute approximate surface area is 90.9 Å². The zero-order chi connectivity index (χ0) is 11.3. The molecular formula is C10H12BrFO2. The minimum absolute atomic E-state index is 0.0509. The number of hydrogen-bond acceptors (Lipinski definition) is 1. The molecule has 1 aromatic carbocycles. The Hall–Kier alpha value is -0.900. The largest absolute Gasteiger partial charge is 0.478 e. The van der Waals surface area contributed by atoms with Crippen LogP contribution in [0, 0.1) is 12.7 Å². The van der Waals surface area contributed by atoms with Crippen LogP contribution < -0.4 is 0 Å². The van der Waals surface area contributed by atoms with E-state index in [1.165, 1.54) is 6.07 Å². The summed E-state index contributed by atoms with van der Waals surface area (Å²) in [6.45, 7) is 5.57. The van der Waals surface area contributed by atoms with Crippen LogP contribution in [0.1, 0.15) is 29.8 Å². The predicted molar refractivity (Wildman–Crippen MR) is 57.1 cm³/mol. The molecule has 1 rings (SSSR count). The number of aromatic carboxylic acids is 1. The minimum Gasteiger partial charge on any atom is -0.478 e. The van der Waals surface area contributed by atoms with Crippen LogP contribution in [-0.4, -0.2) is 11.1 Å². The molecule has 0 atom stereocenters. The first-order valence-electron chi connectivity index (χ1n) is 4.21. The number of hydrogen-bond donors (Lipinski definition) is 1. The van der Waals surface area contributed by atoms with E-state index in [0.29, 0.717) is 10.0 Å². The Morgan fingerprint density at radius 3 is 2.29 bits per heavy atom. The summed E-state index contributed by atoms with van der Waals surface area (Å²) in [7, 11) is 0. The summed E-state index contributed by atoms with van der Waals surface area (Å²) < 4.78 is 13.4. The SMILES string of the molecule is CC.Cc1c(F)cc(C(=O)O)cc1Br. The summed E-state index contributed by atoms with van der Waals surface area (Å²) in [6.07, 6.45) is 0. The molecule has 0 amide bonds. The van der Waals surface area contributed by atoms with Crippen LogP contribution in [0.5, 0.6) is 0 Å². The van der Waals surface area contributed by atoms with Gasteiger partial charge in [-0.15, -0.1) is 0 Å². The van der Waals surface area contributed by atoms with E-state index in [2.05, 4.69) is 15.9 Å². The summed E-state index contributed by atoms with van der Waals surface area (Å²) in [5, 5.41) is 8.54. The first-order valence-corrected chi connectivity index (χ1v) is 5.00. The highest BCUT2D eigenvalue weighted by Gasteiger charge is 2.09. The Bertz CT molecular complexity index is 314. The molecule has 0 saturated carbocycles. The van der Waals surface area contributed by atoms with Gasteiger partial charge in [-0.05, 0) is 24.6 Å². The molecule has 1 N–H and O–H groups in total. The van der Waals surface area contributed by atoms with Gasteiger partial charge in [0.1, 0.15) is 5.82 Å². The van der Waals surface area contributed by atoms with Gasteiger partial charge in [0, 0.05) is 4.47 Å². The van der Waals surface area contributed by atoms with Crippen LogP contribution >= 0.6 is 15.9 Å². The fraction of sp³-hybridized carbons (Fsp3) is 0.300. The van der Waals surface area contributed by atoms with E-state index >= 15 is 0 Å². The lowest BCUT2D eigenvalue weighted by atomic mass is 10.1. The summed E-state index contributed by atoms with van der Waals surface area (Å²) in [5.74, 6) is -1.64. The highest BCUT2D eigenvalue weighted by Crippen LogP contribution is 2.20. The lowest BCUT2D eigenvalue weighted by Crippen LogP contribution is -1.98. The van der Waals surface area contributed by atoms with Crippen LogP contribution in [0.4, 0.5) is 4.39 Å². The summed E-state index contributed by atoms with van der Waals surface area (Å²) in [4.78, 5) is 10.4. The van der Waals surface area contributed by atoms with Crippen LogP contribution in [0.15, 0.2) is 16.6 Å². The fourth-order valence-corrected chi connectivity index (χ4v) is 1.20. The molecule has 0 aliphatic rings. The van der Waals surface area contributed by atoms with Crippen molar-refractivity contribution < 1.29 is 14.3 Å². The molecule has 0 fully saturated rings. The van der Waals surface area contributed by atoms with E-state index in [-0.39, 0.29) is 5.56 Å². The van der Waals surface area contributed by atoms with Gasteiger partial charge >= 0.3 is 5.97 Å². The van der Waals surface area contributed by atoms with Gasteiger partial charge in [-0.3, -0.25) is 0 Å². The molecule has 0 radical (unpaired) electrons. The van der Waals surface area contributed by atoms with E-state index in [1.54, 1.807) is 6.92 Å². The molecule has 0 unspecified atom stereocenters. The molecular weight excluding hydrogens is 251 g/mol. The van der Waals surface area contributed by atoms with Crippen molar-refractivity contribution >= 4 is 21.9 Å². The van der Waals surface area contributed by atoms with E-state index in [1.807, 2.05) is 13.8 Å². The quantitative estimate of drug-likeness (QED) is 0.840. The summed E-state index contributed by atoms with van der Waals surface area (Å²) in [6, 6.07) is 2.38. The average molecular weight is 263 g/mol. The maximum Gasteiger partial charge on any atom is 0.335 e. The molecule has 0 saturated heterocycles. The van der Waals surface area contributed by atoms with Crippen molar-refractivity contribution in [2.24, 2.45) is 0 Å². The maximum absolute atomic E-state index is 12.9. The number of rotatable bonds is 1. The van der Waals surface area contributed by atoms with Crippen molar-refractivity contribution in [2.75, 3.05) is 0 Å². The second-order valence-electron chi connectivity index (χ2n) is 2.37. The Balaban J connectivity index is 0.000000791. The van der Waals surface area contributed by atoms with Gasteiger partial charge in [0.15, 0.2) is 0 Å². The number of benzene rings is 1. The molecule has 78 valence electrons. The number of carboxylic acids is 1. The molecule has 0 aliphatic carbocycles. The normalized spacial score (nSPS) is 8.93. The van der Waals surface area contributed by atoms with Crippen LogP contribution in [0.25, 0.3) is 0 Å². The summed E-state index contributed by atoms with van der Waals surface area (Å²) in [5.41, 5.74) is 0.366. The summed E-state index contributed by atoms with van der Waals surface area (Å²) >= 11 is 3.06. The second-order valence-corrected chi connectivity index (χ2v) is 3.22. The van der Waals surface area contributed by atoms with E-state index in [0.717, 1.165) is 6.07 Å². The maximum atomic E-state index is 12.9. The molecule has 0 spiro atoms. The molecule has 2 nitrogen and oxygen atoms in total. The third-order valence-corrected chi connectivity index (χ3v) is 2.35. The highest BCUT2D eigenvalue weighted by molar-refractivity contribution is 9.10. The van der Waals surface area contributed by atoms with Crippen molar-refractivity contribution in [3.8, 4) is 0 Å². The van der Waals surface area contributed by atoms with E-state index in [4.69, 9.17) is 5.11 Å². The van der Waals surface area contributed by atoms with Crippen molar-refractivity contribution in [3.63, 3.8) is 0 Å². The molecule has 0 heterocycles. The van der Waals surface area contributed by atoms with Crippen molar-refractivity contribution in [2.45, 2.75) is 20.8 Å².